The Hall–Kier alpha value is -1.61. The van der Waals surface area contributed by atoms with Gasteiger partial charge in [0.1, 0.15) is 11.3 Å². The van der Waals surface area contributed by atoms with Crippen molar-refractivity contribution in [2.75, 3.05) is 13.2 Å². The van der Waals surface area contributed by atoms with E-state index in [0.717, 1.165) is 0 Å². The minimum absolute atomic E-state index is 0.274. The van der Waals surface area contributed by atoms with Crippen molar-refractivity contribution in [3.8, 4) is 0 Å². The molecular weight excluding hydrogens is 275 g/mol. The van der Waals surface area contributed by atoms with Gasteiger partial charge in [-0.15, -0.1) is 0 Å². The van der Waals surface area contributed by atoms with Crippen molar-refractivity contribution >= 4 is 6.09 Å². The molecule has 1 rings (SSSR count). The minimum Gasteiger partial charge on any atom is -0.444 e. The van der Waals surface area contributed by atoms with Gasteiger partial charge in [0, 0.05) is 0 Å². The van der Waals surface area contributed by atoms with Crippen LogP contribution in [0.4, 0.5) is 9.18 Å². The molecule has 0 radical (unpaired) electrons. The lowest BCUT2D eigenvalue weighted by atomic mass is 10.1. The second-order valence-corrected chi connectivity index (χ2v) is 6.46. The molecule has 1 amide bonds. The van der Waals surface area contributed by atoms with Crippen LogP contribution in [0.3, 0.4) is 0 Å². The van der Waals surface area contributed by atoms with Crippen LogP contribution in [-0.2, 0) is 9.47 Å². The molecule has 0 aromatic heterocycles. The van der Waals surface area contributed by atoms with E-state index >= 15 is 0 Å². The van der Waals surface area contributed by atoms with Crippen molar-refractivity contribution in [2.45, 2.75) is 58.4 Å². The highest BCUT2D eigenvalue weighted by atomic mass is 19.1. The van der Waals surface area contributed by atoms with E-state index in [1.165, 1.54) is 11.0 Å². The molecule has 1 heterocycles. The zero-order valence-electron chi connectivity index (χ0n) is 13.3. The van der Waals surface area contributed by atoms with E-state index in [1.807, 2.05) is 0 Å². The van der Waals surface area contributed by atoms with Crippen LogP contribution < -0.4 is 0 Å². The zero-order chi connectivity index (χ0) is 16.3. The van der Waals surface area contributed by atoms with Crippen LogP contribution in [0.1, 0.15) is 41.0 Å². The standard InChI is InChI=1S/C15H23FN2O3/c1-14(2,3)21-13(19)18-12(10-20-15(18,4)5)8-7-11(16)9-17-6/h7,12H,8-10H2,1-5H3/t12-/m0/s1. The van der Waals surface area contributed by atoms with Crippen LogP contribution >= 0.6 is 0 Å². The Balaban J connectivity index is 2.82. The summed E-state index contributed by atoms with van der Waals surface area (Å²) >= 11 is 0. The van der Waals surface area contributed by atoms with E-state index in [2.05, 4.69) is 4.85 Å². The van der Waals surface area contributed by atoms with Crippen molar-refractivity contribution in [3.63, 3.8) is 0 Å². The van der Waals surface area contributed by atoms with Gasteiger partial charge in [-0.1, -0.05) is 0 Å². The summed E-state index contributed by atoms with van der Waals surface area (Å²) in [4.78, 5) is 16.8. The highest BCUT2D eigenvalue weighted by Crippen LogP contribution is 2.31. The van der Waals surface area contributed by atoms with Gasteiger partial charge < -0.3 is 14.3 Å². The third kappa shape index (κ3) is 5.01. The van der Waals surface area contributed by atoms with Crippen LogP contribution in [0.15, 0.2) is 11.9 Å². The maximum atomic E-state index is 13.3. The highest BCUT2D eigenvalue weighted by Gasteiger charge is 2.45. The Morgan fingerprint density at radius 3 is 2.71 bits per heavy atom. The molecule has 1 aliphatic heterocycles. The van der Waals surface area contributed by atoms with Crippen molar-refractivity contribution < 1.29 is 18.7 Å². The Bertz CT molecular complexity index is 461. The maximum Gasteiger partial charge on any atom is 0.412 e. The van der Waals surface area contributed by atoms with Crippen LogP contribution in [0.2, 0.25) is 0 Å². The predicted molar refractivity (Wildman–Crippen MR) is 77.2 cm³/mol. The molecule has 0 aromatic rings. The Labute approximate surface area is 125 Å². The maximum absolute atomic E-state index is 13.3. The Kier molecular flexibility index (Phi) is 5.35. The summed E-state index contributed by atoms with van der Waals surface area (Å²) in [6.07, 6.45) is 1.16. The molecule has 0 aromatic carbocycles. The summed E-state index contributed by atoms with van der Waals surface area (Å²) in [5, 5.41) is 0. The van der Waals surface area contributed by atoms with E-state index in [0.29, 0.717) is 13.0 Å². The van der Waals surface area contributed by atoms with Gasteiger partial charge in [-0.05, 0) is 47.1 Å². The molecule has 0 aliphatic carbocycles. The largest absolute Gasteiger partial charge is 0.444 e. The second kappa shape index (κ2) is 6.44. The normalized spacial score (nSPS) is 22.0. The highest BCUT2D eigenvalue weighted by molar-refractivity contribution is 5.69. The first-order valence-corrected chi connectivity index (χ1v) is 6.91. The molecule has 0 saturated carbocycles. The summed E-state index contributed by atoms with van der Waals surface area (Å²) in [6.45, 7) is 15.6. The lowest BCUT2D eigenvalue weighted by Crippen LogP contribution is -2.49. The predicted octanol–water partition coefficient (Wildman–Crippen LogP) is 3.52. The van der Waals surface area contributed by atoms with Gasteiger partial charge >= 0.3 is 6.09 Å². The van der Waals surface area contributed by atoms with Crippen LogP contribution in [0, 0.1) is 6.57 Å². The summed E-state index contributed by atoms with van der Waals surface area (Å²) in [5.74, 6) is -0.487. The van der Waals surface area contributed by atoms with Gasteiger partial charge in [0.2, 0.25) is 0 Å². The van der Waals surface area contributed by atoms with Gasteiger partial charge in [-0.3, -0.25) is 4.90 Å². The molecule has 1 fully saturated rings. The number of carbonyl (C=O) groups is 1. The van der Waals surface area contributed by atoms with Crippen LogP contribution in [0.25, 0.3) is 4.85 Å². The monoisotopic (exact) mass is 298 g/mol. The summed E-state index contributed by atoms with van der Waals surface area (Å²) < 4.78 is 24.3. The first-order valence-electron chi connectivity index (χ1n) is 6.91. The van der Waals surface area contributed by atoms with Gasteiger partial charge in [0.15, 0.2) is 5.83 Å². The Morgan fingerprint density at radius 1 is 1.57 bits per heavy atom. The number of carbonyl (C=O) groups excluding carboxylic acids is 1. The summed E-state index contributed by atoms with van der Waals surface area (Å²) in [7, 11) is 0. The second-order valence-electron chi connectivity index (χ2n) is 6.46. The summed E-state index contributed by atoms with van der Waals surface area (Å²) in [6, 6.07) is -0.300. The number of hydrogen-bond donors (Lipinski definition) is 0. The molecule has 118 valence electrons. The number of amides is 1. The lowest BCUT2D eigenvalue weighted by molar-refractivity contribution is -0.0623. The number of nitrogens with zero attached hydrogens (tertiary/aromatic N) is 2. The molecule has 1 saturated heterocycles. The smallest absolute Gasteiger partial charge is 0.412 e. The average Bonchev–Trinajstić information content (AvgIpc) is 2.60. The molecule has 5 nitrogen and oxygen atoms in total. The quantitative estimate of drug-likeness (QED) is 0.749. The molecule has 0 spiro atoms. The summed E-state index contributed by atoms with van der Waals surface area (Å²) in [5.41, 5.74) is -1.40. The Morgan fingerprint density at radius 2 is 2.19 bits per heavy atom. The van der Waals surface area contributed by atoms with E-state index in [4.69, 9.17) is 16.0 Å². The molecule has 0 bridgehead atoms. The lowest BCUT2D eigenvalue weighted by Gasteiger charge is -2.34. The molecule has 21 heavy (non-hydrogen) atoms. The third-order valence-electron chi connectivity index (χ3n) is 3.01. The molecule has 0 unspecified atom stereocenters. The number of halogens is 1. The van der Waals surface area contributed by atoms with Gasteiger partial charge in [-0.25, -0.2) is 15.8 Å². The van der Waals surface area contributed by atoms with Gasteiger partial charge in [0.05, 0.1) is 12.6 Å². The fourth-order valence-corrected chi connectivity index (χ4v) is 2.14. The average molecular weight is 298 g/mol. The third-order valence-corrected chi connectivity index (χ3v) is 3.01. The number of hydrogen-bond acceptors (Lipinski definition) is 3. The van der Waals surface area contributed by atoms with Crippen molar-refractivity contribution in [1.82, 2.24) is 4.90 Å². The van der Waals surface area contributed by atoms with Crippen LogP contribution in [-0.4, -0.2) is 41.5 Å². The van der Waals surface area contributed by atoms with Crippen LogP contribution in [0.5, 0.6) is 0 Å². The first-order chi connectivity index (χ1) is 9.57. The van der Waals surface area contributed by atoms with E-state index in [-0.39, 0.29) is 12.6 Å². The zero-order valence-corrected chi connectivity index (χ0v) is 13.3. The SMILES string of the molecule is [C-]#[N+]CC(F)=CC[C@H]1COC(C)(C)N1C(=O)OC(C)(C)C. The molecular formula is C15H23FN2O3. The van der Waals surface area contributed by atoms with Crippen molar-refractivity contribution in [1.29, 1.82) is 0 Å². The molecule has 1 aliphatic rings. The van der Waals surface area contributed by atoms with E-state index in [9.17, 15) is 9.18 Å². The van der Waals surface area contributed by atoms with E-state index < -0.39 is 23.2 Å². The minimum atomic E-state index is -0.795. The first kappa shape index (κ1) is 17.4. The van der Waals surface area contributed by atoms with Crippen molar-refractivity contribution in [2.24, 2.45) is 0 Å². The number of ether oxygens (including phenoxy) is 2. The topological polar surface area (TPSA) is 43.1 Å². The molecule has 0 N–H and O–H groups in total. The van der Waals surface area contributed by atoms with Gasteiger partial charge in [0.25, 0.3) is 6.54 Å². The van der Waals surface area contributed by atoms with Crippen molar-refractivity contribution in [3.05, 3.63) is 23.3 Å². The van der Waals surface area contributed by atoms with Gasteiger partial charge in [-0.2, -0.15) is 0 Å². The fraction of sp³-hybridized carbons (Fsp3) is 0.733. The van der Waals surface area contributed by atoms with E-state index in [1.54, 1.807) is 34.6 Å². The molecule has 1 atom stereocenters. The molecule has 6 heteroatoms. The fourth-order valence-electron chi connectivity index (χ4n) is 2.14. The number of rotatable bonds is 3.